The summed E-state index contributed by atoms with van der Waals surface area (Å²) in [7, 11) is -3.38. The molecule has 0 N–H and O–H groups in total. The Morgan fingerprint density at radius 2 is 1.80 bits per heavy atom. The van der Waals surface area contributed by atoms with Crippen LogP contribution in [0.25, 0.3) is 0 Å². The summed E-state index contributed by atoms with van der Waals surface area (Å²) < 4.78 is 27.7. The summed E-state index contributed by atoms with van der Waals surface area (Å²) in [6.07, 6.45) is 0. The first-order chi connectivity index (χ1) is 6.99. The van der Waals surface area contributed by atoms with E-state index in [1.807, 2.05) is 44.2 Å². The highest BCUT2D eigenvalue weighted by atomic mass is 32.2. The van der Waals surface area contributed by atoms with Crippen LogP contribution in [-0.2, 0) is 20.9 Å². The van der Waals surface area contributed by atoms with Crippen molar-refractivity contribution in [3.63, 3.8) is 0 Å². The van der Waals surface area contributed by atoms with E-state index in [9.17, 15) is 8.42 Å². The van der Waals surface area contributed by atoms with Gasteiger partial charge in [0.25, 0.3) is 10.1 Å². The van der Waals surface area contributed by atoms with Crippen LogP contribution in [0.5, 0.6) is 0 Å². The van der Waals surface area contributed by atoms with Crippen LogP contribution in [0.1, 0.15) is 19.4 Å². The topological polar surface area (TPSA) is 43.4 Å². The van der Waals surface area contributed by atoms with Gasteiger partial charge in [-0.25, -0.2) is 0 Å². The third-order valence-electron chi connectivity index (χ3n) is 1.79. The van der Waals surface area contributed by atoms with Crippen molar-refractivity contribution in [1.82, 2.24) is 0 Å². The molecule has 0 saturated heterocycles. The molecule has 0 heterocycles. The molecule has 0 saturated carbocycles. The second-order valence-electron chi connectivity index (χ2n) is 3.87. The summed E-state index contributed by atoms with van der Waals surface area (Å²) in [4.78, 5) is 0. The van der Waals surface area contributed by atoms with Gasteiger partial charge in [0, 0.05) is 0 Å². The monoisotopic (exact) mass is 228 g/mol. The molecule has 0 unspecified atom stereocenters. The Morgan fingerprint density at radius 1 is 1.20 bits per heavy atom. The Hall–Kier alpha value is -0.870. The lowest BCUT2D eigenvalue weighted by Gasteiger charge is -2.07. The molecule has 0 aliphatic rings. The lowest BCUT2D eigenvalue weighted by atomic mass is 10.2. The Bertz CT molecular complexity index is 382. The summed E-state index contributed by atoms with van der Waals surface area (Å²) >= 11 is 0. The van der Waals surface area contributed by atoms with Gasteiger partial charge in [0.1, 0.15) is 0 Å². The molecule has 15 heavy (non-hydrogen) atoms. The average molecular weight is 228 g/mol. The lowest BCUT2D eigenvalue weighted by molar-refractivity contribution is 0.305. The fourth-order valence-electron chi connectivity index (χ4n) is 1.19. The van der Waals surface area contributed by atoms with Crippen LogP contribution < -0.4 is 0 Å². The van der Waals surface area contributed by atoms with E-state index in [0.717, 1.165) is 5.56 Å². The van der Waals surface area contributed by atoms with E-state index in [2.05, 4.69) is 0 Å². The van der Waals surface area contributed by atoms with Crippen LogP contribution in [0.15, 0.2) is 30.3 Å². The largest absolute Gasteiger partial charge is 0.267 e. The summed E-state index contributed by atoms with van der Waals surface area (Å²) in [6, 6.07) is 9.27. The van der Waals surface area contributed by atoms with E-state index in [1.54, 1.807) is 0 Å². The SMILES string of the molecule is CC(C)CS(=O)(=O)OCc1ccccc1. The first kappa shape index (κ1) is 12.2. The van der Waals surface area contributed by atoms with E-state index in [0.29, 0.717) is 0 Å². The van der Waals surface area contributed by atoms with E-state index in [-0.39, 0.29) is 18.3 Å². The number of rotatable bonds is 5. The Morgan fingerprint density at radius 3 is 2.33 bits per heavy atom. The van der Waals surface area contributed by atoms with E-state index >= 15 is 0 Å². The number of hydrogen-bond acceptors (Lipinski definition) is 3. The molecule has 0 fully saturated rings. The zero-order chi connectivity index (χ0) is 11.3. The Kier molecular flexibility index (Phi) is 4.29. The van der Waals surface area contributed by atoms with Crippen molar-refractivity contribution in [2.24, 2.45) is 5.92 Å². The van der Waals surface area contributed by atoms with Gasteiger partial charge in [0.05, 0.1) is 12.4 Å². The van der Waals surface area contributed by atoms with Crippen LogP contribution in [0, 0.1) is 5.92 Å². The maximum Gasteiger partial charge on any atom is 0.267 e. The van der Waals surface area contributed by atoms with Gasteiger partial charge in [-0.15, -0.1) is 0 Å². The first-order valence-corrected chi connectivity index (χ1v) is 6.48. The highest BCUT2D eigenvalue weighted by Gasteiger charge is 2.13. The molecule has 0 radical (unpaired) electrons. The van der Waals surface area contributed by atoms with Crippen LogP contribution in [-0.4, -0.2) is 14.2 Å². The quantitative estimate of drug-likeness (QED) is 0.725. The van der Waals surface area contributed by atoms with Gasteiger partial charge in [-0.05, 0) is 11.5 Å². The summed E-state index contributed by atoms with van der Waals surface area (Å²) in [6.45, 7) is 3.82. The molecule has 0 atom stereocenters. The molecule has 0 aliphatic carbocycles. The average Bonchev–Trinajstić information content (AvgIpc) is 2.15. The minimum atomic E-state index is -3.38. The van der Waals surface area contributed by atoms with Gasteiger partial charge in [0.2, 0.25) is 0 Å². The molecule has 0 aliphatic heterocycles. The lowest BCUT2D eigenvalue weighted by Crippen LogP contribution is -2.14. The molecular formula is C11H16O3S. The van der Waals surface area contributed by atoms with Gasteiger partial charge in [-0.1, -0.05) is 44.2 Å². The standard InChI is InChI=1S/C11H16O3S/c1-10(2)9-15(12,13)14-8-11-6-4-3-5-7-11/h3-7,10H,8-9H2,1-2H3. The second kappa shape index (κ2) is 5.28. The normalized spacial score (nSPS) is 11.9. The molecule has 0 aromatic heterocycles. The van der Waals surface area contributed by atoms with E-state index in [1.165, 1.54) is 0 Å². The molecular weight excluding hydrogens is 212 g/mol. The van der Waals surface area contributed by atoms with Crippen LogP contribution in [0.3, 0.4) is 0 Å². The predicted octanol–water partition coefficient (Wildman–Crippen LogP) is 2.19. The number of benzene rings is 1. The summed E-state index contributed by atoms with van der Waals surface area (Å²) in [5, 5.41) is 0. The first-order valence-electron chi connectivity index (χ1n) is 4.90. The third-order valence-corrected chi connectivity index (χ3v) is 3.34. The van der Waals surface area contributed by atoms with Crippen molar-refractivity contribution >= 4 is 10.1 Å². The smallest absolute Gasteiger partial charge is 0.265 e. The maximum atomic E-state index is 11.4. The predicted molar refractivity (Wildman–Crippen MR) is 59.9 cm³/mol. The summed E-state index contributed by atoms with van der Waals surface area (Å²) in [5.41, 5.74) is 0.866. The molecule has 1 rings (SSSR count). The fraction of sp³-hybridized carbons (Fsp3) is 0.455. The zero-order valence-electron chi connectivity index (χ0n) is 9.01. The van der Waals surface area contributed by atoms with Gasteiger partial charge >= 0.3 is 0 Å². The molecule has 0 amide bonds. The van der Waals surface area contributed by atoms with E-state index in [4.69, 9.17) is 4.18 Å². The van der Waals surface area contributed by atoms with Gasteiger partial charge in [0.15, 0.2) is 0 Å². The molecule has 0 bridgehead atoms. The maximum absolute atomic E-state index is 11.4. The molecule has 3 nitrogen and oxygen atoms in total. The Balaban J connectivity index is 2.50. The highest BCUT2D eigenvalue weighted by Crippen LogP contribution is 2.07. The van der Waals surface area contributed by atoms with Crippen molar-refractivity contribution in [1.29, 1.82) is 0 Å². The molecule has 1 aromatic rings. The molecule has 4 heteroatoms. The minimum Gasteiger partial charge on any atom is -0.265 e. The summed E-state index contributed by atoms with van der Waals surface area (Å²) in [5.74, 6) is 0.158. The van der Waals surface area contributed by atoms with Gasteiger partial charge in [-0.3, -0.25) is 4.18 Å². The Labute approximate surface area is 91.2 Å². The van der Waals surface area contributed by atoms with Crippen LogP contribution in [0.2, 0.25) is 0 Å². The number of hydrogen-bond donors (Lipinski definition) is 0. The van der Waals surface area contributed by atoms with E-state index < -0.39 is 10.1 Å². The van der Waals surface area contributed by atoms with Crippen molar-refractivity contribution in [3.05, 3.63) is 35.9 Å². The van der Waals surface area contributed by atoms with Crippen LogP contribution >= 0.6 is 0 Å². The van der Waals surface area contributed by atoms with Crippen molar-refractivity contribution in [2.75, 3.05) is 5.75 Å². The van der Waals surface area contributed by atoms with Crippen molar-refractivity contribution in [3.8, 4) is 0 Å². The molecule has 84 valence electrons. The van der Waals surface area contributed by atoms with Gasteiger partial charge in [-0.2, -0.15) is 8.42 Å². The second-order valence-corrected chi connectivity index (χ2v) is 5.55. The van der Waals surface area contributed by atoms with Crippen molar-refractivity contribution in [2.45, 2.75) is 20.5 Å². The third kappa shape index (κ3) is 4.95. The van der Waals surface area contributed by atoms with Crippen LogP contribution in [0.4, 0.5) is 0 Å². The highest BCUT2D eigenvalue weighted by molar-refractivity contribution is 7.86. The zero-order valence-corrected chi connectivity index (χ0v) is 9.83. The minimum absolute atomic E-state index is 0.0693. The fourth-order valence-corrected chi connectivity index (χ4v) is 2.42. The van der Waals surface area contributed by atoms with Gasteiger partial charge < -0.3 is 0 Å². The molecule has 1 aromatic carbocycles. The van der Waals surface area contributed by atoms with Crippen molar-refractivity contribution < 1.29 is 12.6 Å². The molecule has 0 spiro atoms.